The number of likely N-dealkylation sites (N-methyl/N-ethyl adjacent to an activating group) is 1. The van der Waals surface area contributed by atoms with Crippen LogP contribution in [0.3, 0.4) is 0 Å². The van der Waals surface area contributed by atoms with Crippen LogP contribution in [0.15, 0.2) is 18.2 Å². The van der Waals surface area contributed by atoms with E-state index in [0.29, 0.717) is 4.99 Å². The molecule has 0 saturated heterocycles. The molecule has 92 valence electrons. The minimum Gasteiger partial charge on any atom is -0.389 e. The van der Waals surface area contributed by atoms with E-state index in [-0.39, 0.29) is 12.5 Å². The highest BCUT2D eigenvalue weighted by molar-refractivity contribution is 7.80. The zero-order valence-electron chi connectivity index (χ0n) is 10.3. The summed E-state index contributed by atoms with van der Waals surface area (Å²) >= 11 is 4.98. The highest BCUT2D eigenvalue weighted by Gasteiger charge is 2.10. The molecule has 3 N–H and O–H groups in total. The number of amides is 1. The zero-order valence-corrected chi connectivity index (χ0v) is 11.1. The number of hydrogen-bond acceptors (Lipinski definition) is 3. The minimum atomic E-state index is 0.00198. The lowest BCUT2D eigenvalue weighted by Crippen LogP contribution is -2.29. The van der Waals surface area contributed by atoms with E-state index in [2.05, 4.69) is 5.32 Å². The van der Waals surface area contributed by atoms with E-state index in [1.165, 1.54) is 4.90 Å². The number of nitrogens with two attached hydrogens (primary N) is 1. The smallest absolute Gasteiger partial charge is 0.241 e. The van der Waals surface area contributed by atoms with Gasteiger partial charge in [0.25, 0.3) is 0 Å². The molecule has 0 heterocycles. The molecule has 0 aromatic heterocycles. The summed E-state index contributed by atoms with van der Waals surface area (Å²) < 4.78 is 0. The molecule has 1 amide bonds. The SMILES string of the molecule is Cc1cccc(C(N)=S)c1NCC(=O)N(C)C. The van der Waals surface area contributed by atoms with E-state index in [1.807, 2.05) is 25.1 Å². The van der Waals surface area contributed by atoms with Crippen LogP contribution in [0.4, 0.5) is 5.69 Å². The summed E-state index contributed by atoms with van der Waals surface area (Å²) in [4.78, 5) is 13.4. The maximum absolute atomic E-state index is 11.5. The van der Waals surface area contributed by atoms with Crippen molar-refractivity contribution in [1.82, 2.24) is 4.90 Å². The molecular formula is C12H17N3OS. The summed E-state index contributed by atoms with van der Waals surface area (Å²) in [7, 11) is 3.44. The molecule has 0 fully saturated rings. The molecular weight excluding hydrogens is 234 g/mol. The van der Waals surface area contributed by atoms with Gasteiger partial charge in [0, 0.05) is 25.3 Å². The average molecular weight is 251 g/mol. The van der Waals surface area contributed by atoms with Crippen LogP contribution in [0.1, 0.15) is 11.1 Å². The molecule has 1 aromatic rings. The topological polar surface area (TPSA) is 58.4 Å². The molecule has 5 heteroatoms. The highest BCUT2D eigenvalue weighted by Crippen LogP contribution is 2.20. The lowest BCUT2D eigenvalue weighted by molar-refractivity contribution is -0.126. The molecule has 0 aliphatic rings. The van der Waals surface area contributed by atoms with Crippen molar-refractivity contribution in [3.63, 3.8) is 0 Å². The first-order valence-corrected chi connectivity index (χ1v) is 5.67. The first-order chi connectivity index (χ1) is 7.93. The van der Waals surface area contributed by atoms with Crippen LogP contribution in [0.25, 0.3) is 0 Å². The van der Waals surface area contributed by atoms with Crippen LogP contribution in [0.2, 0.25) is 0 Å². The third-order valence-electron chi connectivity index (χ3n) is 2.45. The van der Waals surface area contributed by atoms with Crippen molar-refractivity contribution in [1.29, 1.82) is 0 Å². The second-order valence-electron chi connectivity index (χ2n) is 4.00. The first kappa shape index (κ1) is 13.4. The molecule has 1 aromatic carbocycles. The second-order valence-corrected chi connectivity index (χ2v) is 4.44. The summed E-state index contributed by atoms with van der Waals surface area (Å²) in [5.41, 5.74) is 8.26. The van der Waals surface area contributed by atoms with Crippen molar-refractivity contribution in [2.45, 2.75) is 6.92 Å². The Kier molecular flexibility index (Phi) is 4.45. The number of anilines is 1. The molecule has 17 heavy (non-hydrogen) atoms. The van der Waals surface area contributed by atoms with Gasteiger partial charge in [-0.25, -0.2) is 0 Å². The van der Waals surface area contributed by atoms with Gasteiger partial charge in [-0.1, -0.05) is 24.4 Å². The Morgan fingerprint density at radius 2 is 2.12 bits per heavy atom. The monoisotopic (exact) mass is 251 g/mol. The van der Waals surface area contributed by atoms with Gasteiger partial charge in [-0.2, -0.15) is 0 Å². The molecule has 0 saturated carbocycles. The largest absolute Gasteiger partial charge is 0.389 e. The zero-order chi connectivity index (χ0) is 13.0. The average Bonchev–Trinajstić information content (AvgIpc) is 2.26. The van der Waals surface area contributed by atoms with Crippen LogP contribution in [0.5, 0.6) is 0 Å². The molecule has 0 unspecified atom stereocenters. The van der Waals surface area contributed by atoms with Gasteiger partial charge in [0.05, 0.1) is 6.54 Å². The van der Waals surface area contributed by atoms with Crippen LogP contribution >= 0.6 is 12.2 Å². The van der Waals surface area contributed by atoms with E-state index in [1.54, 1.807) is 14.1 Å². The number of carbonyl (C=O) groups is 1. The van der Waals surface area contributed by atoms with E-state index >= 15 is 0 Å². The molecule has 4 nitrogen and oxygen atoms in total. The lowest BCUT2D eigenvalue weighted by Gasteiger charge is -2.16. The fourth-order valence-corrected chi connectivity index (χ4v) is 1.60. The van der Waals surface area contributed by atoms with E-state index in [9.17, 15) is 4.79 Å². The third-order valence-corrected chi connectivity index (χ3v) is 2.67. The number of hydrogen-bond donors (Lipinski definition) is 2. The summed E-state index contributed by atoms with van der Waals surface area (Å²) in [6.07, 6.45) is 0. The van der Waals surface area contributed by atoms with Gasteiger partial charge < -0.3 is 16.0 Å². The number of para-hydroxylation sites is 1. The fourth-order valence-electron chi connectivity index (χ4n) is 1.43. The maximum Gasteiger partial charge on any atom is 0.241 e. The van der Waals surface area contributed by atoms with Gasteiger partial charge in [0.15, 0.2) is 0 Å². The van der Waals surface area contributed by atoms with Crippen molar-refractivity contribution in [2.24, 2.45) is 5.73 Å². The Morgan fingerprint density at radius 1 is 1.47 bits per heavy atom. The Labute approximate surface area is 107 Å². The van der Waals surface area contributed by atoms with Crippen molar-refractivity contribution < 1.29 is 4.79 Å². The highest BCUT2D eigenvalue weighted by atomic mass is 32.1. The van der Waals surface area contributed by atoms with E-state index < -0.39 is 0 Å². The molecule has 0 atom stereocenters. The van der Waals surface area contributed by atoms with Crippen molar-refractivity contribution in [3.8, 4) is 0 Å². The standard InChI is InChI=1S/C12H17N3OS/c1-8-5-4-6-9(12(13)17)11(8)14-7-10(16)15(2)3/h4-6,14H,7H2,1-3H3,(H2,13,17). The van der Waals surface area contributed by atoms with Gasteiger partial charge in [-0.15, -0.1) is 0 Å². The number of rotatable bonds is 4. The summed E-state index contributed by atoms with van der Waals surface area (Å²) in [5.74, 6) is 0.00198. The number of nitrogens with one attached hydrogen (secondary N) is 1. The molecule has 1 rings (SSSR count). The van der Waals surface area contributed by atoms with Gasteiger partial charge in [-0.3, -0.25) is 4.79 Å². The predicted octanol–water partition coefficient (Wildman–Crippen LogP) is 1.13. The van der Waals surface area contributed by atoms with Gasteiger partial charge in [-0.05, 0) is 18.6 Å². The quantitative estimate of drug-likeness (QED) is 0.788. The normalized spacial score (nSPS) is 9.82. The Hall–Kier alpha value is -1.62. The maximum atomic E-state index is 11.5. The predicted molar refractivity (Wildman–Crippen MR) is 74.3 cm³/mol. The Balaban J connectivity index is 2.90. The molecule has 0 aliphatic heterocycles. The number of benzene rings is 1. The van der Waals surface area contributed by atoms with Gasteiger partial charge in [0.1, 0.15) is 4.99 Å². The number of thiocarbonyl (C=S) groups is 1. The fraction of sp³-hybridized carbons (Fsp3) is 0.333. The summed E-state index contributed by atoms with van der Waals surface area (Å²) in [5, 5.41) is 3.09. The van der Waals surface area contributed by atoms with Gasteiger partial charge >= 0.3 is 0 Å². The van der Waals surface area contributed by atoms with Crippen LogP contribution in [0, 0.1) is 6.92 Å². The van der Waals surface area contributed by atoms with Crippen LogP contribution in [-0.4, -0.2) is 36.4 Å². The third kappa shape index (κ3) is 3.42. The lowest BCUT2D eigenvalue weighted by atomic mass is 10.1. The second kappa shape index (κ2) is 5.63. The molecule has 0 bridgehead atoms. The Morgan fingerprint density at radius 3 is 2.65 bits per heavy atom. The molecule has 0 spiro atoms. The number of nitrogens with zero attached hydrogens (tertiary/aromatic N) is 1. The minimum absolute atomic E-state index is 0.00198. The van der Waals surface area contributed by atoms with Crippen molar-refractivity contribution in [2.75, 3.05) is 26.0 Å². The van der Waals surface area contributed by atoms with Crippen LogP contribution < -0.4 is 11.1 Å². The summed E-state index contributed by atoms with van der Waals surface area (Å²) in [6, 6.07) is 5.69. The Bertz CT molecular complexity index is 443. The number of carbonyl (C=O) groups excluding carboxylic acids is 1. The number of aryl methyl sites for hydroxylation is 1. The van der Waals surface area contributed by atoms with Gasteiger partial charge in [0.2, 0.25) is 5.91 Å². The molecule has 0 radical (unpaired) electrons. The van der Waals surface area contributed by atoms with E-state index in [0.717, 1.165) is 16.8 Å². The molecule has 0 aliphatic carbocycles. The first-order valence-electron chi connectivity index (χ1n) is 5.27. The van der Waals surface area contributed by atoms with Crippen molar-refractivity contribution >= 4 is 28.8 Å². The summed E-state index contributed by atoms with van der Waals surface area (Å²) in [6.45, 7) is 2.18. The van der Waals surface area contributed by atoms with Crippen LogP contribution in [-0.2, 0) is 4.79 Å². The van der Waals surface area contributed by atoms with Crippen molar-refractivity contribution in [3.05, 3.63) is 29.3 Å². The van der Waals surface area contributed by atoms with E-state index in [4.69, 9.17) is 18.0 Å².